The Labute approximate surface area is 204 Å². The fourth-order valence-corrected chi connectivity index (χ4v) is 5.65. The number of hydrogen-bond donors (Lipinski definition) is 0. The topological polar surface area (TPSA) is 32.8 Å². The third-order valence-electron chi connectivity index (χ3n) is 7.44. The van der Waals surface area contributed by atoms with Crippen molar-refractivity contribution in [1.29, 1.82) is 0 Å². The SMILES string of the molecule is CC(C)CN1CCOc2ccccc2CCCCC2(CCN(C(=O)c3ccccc3F)CC2)C1. The third-order valence-corrected chi connectivity index (χ3v) is 7.44. The molecule has 4 rings (SSSR count). The molecule has 0 saturated carbocycles. The zero-order valence-electron chi connectivity index (χ0n) is 20.8. The normalized spacial score (nSPS) is 19.7. The summed E-state index contributed by atoms with van der Waals surface area (Å²) in [6.07, 6.45) is 6.47. The Morgan fingerprint density at radius 1 is 1.00 bits per heavy atom. The number of nitrogens with zero attached hydrogens (tertiary/aromatic N) is 2. The molecule has 0 N–H and O–H groups in total. The lowest BCUT2D eigenvalue weighted by molar-refractivity contribution is 0.0352. The number of hydrogen-bond acceptors (Lipinski definition) is 3. The van der Waals surface area contributed by atoms with Gasteiger partial charge in [0.25, 0.3) is 5.91 Å². The maximum Gasteiger partial charge on any atom is 0.256 e. The maximum absolute atomic E-state index is 14.2. The first-order valence-corrected chi connectivity index (χ1v) is 12.9. The van der Waals surface area contributed by atoms with Crippen molar-refractivity contribution in [3.63, 3.8) is 0 Å². The van der Waals surface area contributed by atoms with Crippen LogP contribution in [0.15, 0.2) is 48.5 Å². The molecule has 0 unspecified atom stereocenters. The van der Waals surface area contributed by atoms with Crippen molar-refractivity contribution < 1.29 is 13.9 Å². The standard InChI is InChI=1S/C29H39FN2O2/c1-23(2)21-31-19-20-34-27-13-6-3-9-24(27)10-7-8-14-29(22-31)15-17-32(18-16-29)28(33)25-11-4-5-12-26(25)30/h3-6,9,11-13,23H,7-8,10,14-22H2,1-2H3. The number of ether oxygens (including phenoxy) is 1. The number of carbonyl (C=O) groups is 1. The summed E-state index contributed by atoms with van der Waals surface area (Å²) >= 11 is 0. The molecule has 0 radical (unpaired) electrons. The van der Waals surface area contributed by atoms with E-state index in [4.69, 9.17) is 4.74 Å². The van der Waals surface area contributed by atoms with E-state index in [2.05, 4.69) is 43.0 Å². The molecule has 0 atom stereocenters. The molecule has 0 aromatic heterocycles. The summed E-state index contributed by atoms with van der Waals surface area (Å²) in [5.41, 5.74) is 1.69. The lowest BCUT2D eigenvalue weighted by Crippen LogP contribution is -2.49. The van der Waals surface area contributed by atoms with Crippen molar-refractivity contribution >= 4 is 5.91 Å². The number of fused-ring (bicyclic) bond motifs is 1. The van der Waals surface area contributed by atoms with E-state index in [-0.39, 0.29) is 16.9 Å². The van der Waals surface area contributed by atoms with Crippen molar-refractivity contribution in [3.05, 3.63) is 65.5 Å². The molecule has 2 aliphatic rings. The van der Waals surface area contributed by atoms with Gasteiger partial charge in [0, 0.05) is 32.7 Å². The van der Waals surface area contributed by atoms with Crippen molar-refractivity contribution in [3.8, 4) is 5.75 Å². The van der Waals surface area contributed by atoms with Crippen molar-refractivity contribution in [2.45, 2.75) is 52.4 Å². The van der Waals surface area contributed by atoms with Crippen molar-refractivity contribution in [2.24, 2.45) is 11.3 Å². The summed E-state index contributed by atoms with van der Waals surface area (Å²) in [7, 11) is 0. The van der Waals surface area contributed by atoms with Gasteiger partial charge in [0.05, 0.1) is 5.56 Å². The fourth-order valence-electron chi connectivity index (χ4n) is 5.65. The number of likely N-dealkylation sites (tertiary alicyclic amines) is 1. The van der Waals surface area contributed by atoms with Gasteiger partial charge in [-0.05, 0) is 67.2 Å². The molecule has 2 heterocycles. The second kappa shape index (κ2) is 11.4. The number of para-hydroxylation sites is 1. The van der Waals surface area contributed by atoms with E-state index in [0.29, 0.717) is 25.6 Å². The summed E-state index contributed by atoms with van der Waals surface area (Å²) < 4.78 is 20.4. The quantitative estimate of drug-likeness (QED) is 0.572. The predicted molar refractivity (Wildman–Crippen MR) is 135 cm³/mol. The van der Waals surface area contributed by atoms with Crippen LogP contribution in [0.25, 0.3) is 0 Å². The minimum Gasteiger partial charge on any atom is -0.492 e. The van der Waals surface area contributed by atoms with Gasteiger partial charge >= 0.3 is 0 Å². The van der Waals surface area contributed by atoms with Crippen LogP contribution in [0.3, 0.4) is 0 Å². The van der Waals surface area contributed by atoms with Gasteiger partial charge in [0.15, 0.2) is 0 Å². The molecular weight excluding hydrogens is 427 g/mol. The van der Waals surface area contributed by atoms with Crippen LogP contribution >= 0.6 is 0 Å². The summed E-state index contributed by atoms with van der Waals surface area (Å²) in [4.78, 5) is 17.4. The number of piperidine rings is 1. The number of halogens is 1. The molecule has 34 heavy (non-hydrogen) atoms. The molecule has 4 nitrogen and oxygen atoms in total. The molecule has 5 heteroatoms. The highest BCUT2D eigenvalue weighted by atomic mass is 19.1. The van der Waals surface area contributed by atoms with Gasteiger partial charge in [0.2, 0.25) is 0 Å². The first-order chi connectivity index (χ1) is 16.5. The zero-order valence-corrected chi connectivity index (χ0v) is 20.8. The molecule has 0 bridgehead atoms. The van der Waals surface area contributed by atoms with Crippen LogP contribution < -0.4 is 4.74 Å². The molecule has 1 fully saturated rings. The summed E-state index contributed by atoms with van der Waals surface area (Å²) in [5.74, 6) is 1.01. The Balaban J connectivity index is 1.47. The Kier molecular flexibility index (Phi) is 8.25. The minimum atomic E-state index is -0.429. The van der Waals surface area contributed by atoms with Gasteiger partial charge in [-0.1, -0.05) is 50.6 Å². The second-order valence-corrected chi connectivity index (χ2v) is 10.6. The first-order valence-electron chi connectivity index (χ1n) is 12.9. The third kappa shape index (κ3) is 6.18. The van der Waals surface area contributed by atoms with Crippen LogP contribution in [-0.2, 0) is 6.42 Å². The highest BCUT2D eigenvalue weighted by Crippen LogP contribution is 2.39. The van der Waals surface area contributed by atoms with E-state index in [9.17, 15) is 9.18 Å². The van der Waals surface area contributed by atoms with Gasteiger partial charge in [-0.15, -0.1) is 0 Å². The smallest absolute Gasteiger partial charge is 0.256 e. The summed E-state index contributed by atoms with van der Waals surface area (Å²) in [5, 5.41) is 0. The lowest BCUT2D eigenvalue weighted by Gasteiger charge is -2.45. The fraction of sp³-hybridized carbons (Fsp3) is 0.552. The second-order valence-electron chi connectivity index (χ2n) is 10.6. The number of aryl methyl sites for hydroxylation is 1. The van der Waals surface area contributed by atoms with Gasteiger partial charge < -0.3 is 9.64 Å². The number of benzene rings is 2. The molecule has 184 valence electrons. The highest BCUT2D eigenvalue weighted by Gasteiger charge is 2.37. The van der Waals surface area contributed by atoms with Crippen LogP contribution in [0.1, 0.15) is 61.9 Å². The van der Waals surface area contributed by atoms with Gasteiger partial charge in [-0.2, -0.15) is 0 Å². The Morgan fingerprint density at radius 2 is 1.74 bits per heavy atom. The van der Waals surface area contributed by atoms with Crippen LogP contribution in [0.4, 0.5) is 4.39 Å². The van der Waals surface area contributed by atoms with E-state index < -0.39 is 5.82 Å². The zero-order chi connectivity index (χ0) is 24.0. The average Bonchev–Trinajstić information content (AvgIpc) is 2.82. The molecule has 2 aliphatic heterocycles. The Morgan fingerprint density at radius 3 is 2.50 bits per heavy atom. The molecule has 2 aromatic carbocycles. The molecule has 1 amide bonds. The summed E-state index contributed by atoms with van der Waals surface area (Å²) in [6.45, 7) is 9.62. The Bertz CT molecular complexity index is 953. The van der Waals surface area contributed by atoms with Crippen LogP contribution in [0.2, 0.25) is 0 Å². The van der Waals surface area contributed by atoms with Gasteiger partial charge in [-0.3, -0.25) is 9.69 Å². The molecular formula is C29H39FN2O2. The average molecular weight is 467 g/mol. The minimum absolute atomic E-state index is 0.176. The number of rotatable bonds is 3. The van der Waals surface area contributed by atoms with Crippen LogP contribution in [0.5, 0.6) is 5.75 Å². The number of carbonyl (C=O) groups excluding carboxylic acids is 1. The van der Waals surface area contributed by atoms with Crippen molar-refractivity contribution in [2.75, 3.05) is 39.3 Å². The van der Waals surface area contributed by atoms with E-state index in [1.165, 1.54) is 24.5 Å². The molecule has 1 saturated heterocycles. The lowest BCUT2D eigenvalue weighted by atomic mass is 9.73. The summed E-state index contributed by atoms with van der Waals surface area (Å²) in [6, 6.07) is 14.8. The largest absolute Gasteiger partial charge is 0.492 e. The van der Waals surface area contributed by atoms with Crippen LogP contribution in [0, 0.1) is 17.2 Å². The number of amides is 1. The van der Waals surface area contributed by atoms with E-state index in [0.717, 1.165) is 51.1 Å². The molecule has 1 spiro atoms. The Hall–Kier alpha value is -2.40. The molecule has 0 aliphatic carbocycles. The first kappa shape index (κ1) is 24.7. The van der Waals surface area contributed by atoms with E-state index in [1.54, 1.807) is 18.2 Å². The van der Waals surface area contributed by atoms with E-state index >= 15 is 0 Å². The highest BCUT2D eigenvalue weighted by molar-refractivity contribution is 5.94. The van der Waals surface area contributed by atoms with Gasteiger partial charge in [0.1, 0.15) is 18.2 Å². The monoisotopic (exact) mass is 466 g/mol. The predicted octanol–water partition coefficient (Wildman–Crippen LogP) is 5.81. The van der Waals surface area contributed by atoms with E-state index in [1.807, 2.05) is 4.90 Å². The van der Waals surface area contributed by atoms with Gasteiger partial charge in [-0.25, -0.2) is 4.39 Å². The van der Waals surface area contributed by atoms with Crippen molar-refractivity contribution in [1.82, 2.24) is 9.80 Å². The maximum atomic E-state index is 14.2. The molecule has 2 aromatic rings. The van der Waals surface area contributed by atoms with Crippen LogP contribution in [-0.4, -0.2) is 55.0 Å².